The summed E-state index contributed by atoms with van der Waals surface area (Å²) in [7, 11) is 0. The summed E-state index contributed by atoms with van der Waals surface area (Å²) in [6.07, 6.45) is 9.36. The van der Waals surface area contributed by atoms with Crippen molar-refractivity contribution in [3.05, 3.63) is 0 Å². The molecule has 1 aliphatic heterocycles. The summed E-state index contributed by atoms with van der Waals surface area (Å²) in [6, 6.07) is 0.224. The van der Waals surface area contributed by atoms with E-state index >= 15 is 0 Å². The number of piperidine rings is 1. The van der Waals surface area contributed by atoms with E-state index in [4.69, 9.17) is 5.73 Å². The predicted octanol–water partition coefficient (Wildman–Crippen LogP) is 2.54. The van der Waals surface area contributed by atoms with Crippen molar-refractivity contribution in [2.75, 3.05) is 13.1 Å². The van der Waals surface area contributed by atoms with Crippen LogP contribution in [0.5, 0.6) is 0 Å². The zero-order chi connectivity index (χ0) is 13.0. The van der Waals surface area contributed by atoms with Crippen LogP contribution in [0.25, 0.3) is 0 Å². The highest BCUT2D eigenvalue weighted by atomic mass is 16.2. The van der Waals surface area contributed by atoms with Gasteiger partial charge in [0.15, 0.2) is 0 Å². The maximum absolute atomic E-state index is 12.1. The lowest BCUT2D eigenvalue weighted by Crippen LogP contribution is -2.44. The summed E-state index contributed by atoms with van der Waals surface area (Å²) in [4.78, 5) is 14.3. The van der Waals surface area contributed by atoms with Gasteiger partial charge in [-0.05, 0) is 44.4 Å². The van der Waals surface area contributed by atoms with Gasteiger partial charge in [-0.15, -0.1) is 0 Å². The number of rotatable bonds is 4. The minimum Gasteiger partial charge on any atom is -0.342 e. The SMILES string of the molecule is CC(N)CCCC(=O)N1CCC2CCCCC2C1. The number of fused-ring (bicyclic) bond motifs is 1. The fraction of sp³-hybridized carbons (Fsp3) is 0.933. The van der Waals surface area contributed by atoms with Crippen LogP contribution in [-0.2, 0) is 4.79 Å². The average Bonchev–Trinajstić information content (AvgIpc) is 2.37. The number of hydrogen-bond donors (Lipinski definition) is 1. The van der Waals surface area contributed by atoms with E-state index in [1.54, 1.807) is 0 Å². The van der Waals surface area contributed by atoms with Crippen molar-refractivity contribution >= 4 is 5.91 Å². The third-order valence-electron chi connectivity index (χ3n) is 4.69. The van der Waals surface area contributed by atoms with Gasteiger partial charge < -0.3 is 10.6 Å². The Balaban J connectivity index is 1.74. The molecule has 2 aliphatic rings. The van der Waals surface area contributed by atoms with Crippen molar-refractivity contribution in [3.8, 4) is 0 Å². The lowest BCUT2D eigenvalue weighted by atomic mass is 9.75. The van der Waals surface area contributed by atoms with Gasteiger partial charge in [-0.25, -0.2) is 0 Å². The number of carbonyl (C=O) groups is 1. The Labute approximate surface area is 111 Å². The molecule has 1 saturated carbocycles. The van der Waals surface area contributed by atoms with E-state index in [-0.39, 0.29) is 6.04 Å². The highest BCUT2D eigenvalue weighted by Gasteiger charge is 2.32. The van der Waals surface area contributed by atoms with Gasteiger partial charge in [-0.3, -0.25) is 4.79 Å². The van der Waals surface area contributed by atoms with Crippen molar-refractivity contribution in [1.29, 1.82) is 0 Å². The van der Waals surface area contributed by atoms with Gasteiger partial charge in [0.25, 0.3) is 0 Å². The van der Waals surface area contributed by atoms with E-state index in [2.05, 4.69) is 4.90 Å². The molecule has 0 bridgehead atoms. The first kappa shape index (κ1) is 13.9. The molecule has 0 aromatic carbocycles. The molecule has 104 valence electrons. The van der Waals surface area contributed by atoms with Crippen LogP contribution < -0.4 is 5.73 Å². The number of carbonyl (C=O) groups excluding carboxylic acids is 1. The van der Waals surface area contributed by atoms with Crippen molar-refractivity contribution in [2.45, 2.75) is 64.3 Å². The number of likely N-dealkylation sites (tertiary alicyclic amines) is 1. The molecule has 2 rings (SSSR count). The minimum absolute atomic E-state index is 0.224. The summed E-state index contributed by atoms with van der Waals surface area (Å²) in [5, 5.41) is 0. The molecule has 3 nitrogen and oxygen atoms in total. The molecule has 2 fully saturated rings. The molecule has 0 radical (unpaired) electrons. The second kappa shape index (κ2) is 6.55. The van der Waals surface area contributed by atoms with Gasteiger partial charge >= 0.3 is 0 Å². The van der Waals surface area contributed by atoms with Gasteiger partial charge in [-0.2, -0.15) is 0 Å². The zero-order valence-electron chi connectivity index (χ0n) is 11.7. The summed E-state index contributed by atoms with van der Waals surface area (Å²) < 4.78 is 0. The van der Waals surface area contributed by atoms with Crippen molar-refractivity contribution in [3.63, 3.8) is 0 Å². The standard InChI is InChI=1S/C15H28N2O/c1-12(16)5-4-8-15(18)17-10-9-13-6-2-3-7-14(13)11-17/h12-14H,2-11,16H2,1H3. The lowest BCUT2D eigenvalue weighted by molar-refractivity contribution is -0.134. The Bertz CT molecular complexity index is 278. The molecular weight excluding hydrogens is 224 g/mol. The molecule has 0 spiro atoms. The molecule has 1 aliphatic carbocycles. The molecule has 1 saturated heterocycles. The van der Waals surface area contributed by atoms with Gasteiger partial charge in [0.1, 0.15) is 0 Å². The molecule has 3 atom stereocenters. The number of nitrogens with zero attached hydrogens (tertiary/aromatic N) is 1. The maximum Gasteiger partial charge on any atom is 0.222 e. The summed E-state index contributed by atoms with van der Waals surface area (Å²) >= 11 is 0. The van der Waals surface area contributed by atoms with Crippen LogP contribution in [-0.4, -0.2) is 29.9 Å². The van der Waals surface area contributed by atoms with E-state index in [0.29, 0.717) is 12.3 Å². The Kier molecular flexibility index (Phi) is 5.04. The van der Waals surface area contributed by atoms with Crippen molar-refractivity contribution in [2.24, 2.45) is 17.6 Å². The van der Waals surface area contributed by atoms with E-state index < -0.39 is 0 Å². The first-order valence-electron chi connectivity index (χ1n) is 7.70. The molecule has 0 aromatic rings. The first-order valence-corrected chi connectivity index (χ1v) is 7.70. The monoisotopic (exact) mass is 252 g/mol. The molecule has 18 heavy (non-hydrogen) atoms. The summed E-state index contributed by atoms with van der Waals surface area (Å²) in [5.41, 5.74) is 5.72. The van der Waals surface area contributed by atoms with Crippen LogP contribution in [0, 0.1) is 11.8 Å². The molecule has 3 heteroatoms. The maximum atomic E-state index is 12.1. The smallest absolute Gasteiger partial charge is 0.222 e. The fourth-order valence-corrected chi connectivity index (χ4v) is 3.56. The van der Waals surface area contributed by atoms with Crippen LogP contribution in [0.1, 0.15) is 58.3 Å². The predicted molar refractivity (Wildman–Crippen MR) is 74.1 cm³/mol. The van der Waals surface area contributed by atoms with E-state index in [9.17, 15) is 4.79 Å². The number of hydrogen-bond acceptors (Lipinski definition) is 2. The largest absolute Gasteiger partial charge is 0.342 e. The normalized spacial score (nSPS) is 29.8. The van der Waals surface area contributed by atoms with Crippen molar-refractivity contribution < 1.29 is 4.79 Å². The average molecular weight is 252 g/mol. The summed E-state index contributed by atoms with van der Waals surface area (Å²) in [6.45, 7) is 4.04. The van der Waals surface area contributed by atoms with Gasteiger partial charge in [-0.1, -0.05) is 19.3 Å². The van der Waals surface area contributed by atoms with Crippen LogP contribution in [0.3, 0.4) is 0 Å². The van der Waals surface area contributed by atoms with Crippen LogP contribution in [0.15, 0.2) is 0 Å². The van der Waals surface area contributed by atoms with Gasteiger partial charge in [0.05, 0.1) is 0 Å². The molecule has 0 aromatic heterocycles. The Morgan fingerprint density at radius 1 is 1.28 bits per heavy atom. The fourth-order valence-electron chi connectivity index (χ4n) is 3.56. The third kappa shape index (κ3) is 3.71. The number of nitrogens with two attached hydrogens (primary N) is 1. The second-order valence-electron chi connectivity index (χ2n) is 6.30. The molecule has 3 unspecified atom stereocenters. The third-order valence-corrected chi connectivity index (χ3v) is 4.69. The summed E-state index contributed by atoms with van der Waals surface area (Å²) in [5.74, 6) is 2.07. The van der Waals surface area contributed by atoms with Crippen molar-refractivity contribution in [1.82, 2.24) is 4.90 Å². The Hall–Kier alpha value is -0.570. The topological polar surface area (TPSA) is 46.3 Å². The first-order chi connectivity index (χ1) is 8.66. The van der Waals surface area contributed by atoms with Crippen LogP contribution >= 0.6 is 0 Å². The van der Waals surface area contributed by atoms with E-state index in [1.165, 1.54) is 32.1 Å². The molecule has 2 N–H and O–H groups in total. The van der Waals surface area contributed by atoms with Crippen LogP contribution in [0.2, 0.25) is 0 Å². The molecule has 1 amide bonds. The highest BCUT2D eigenvalue weighted by molar-refractivity contribution is 5.76. The minimum atomic E-state index is 0.224. The Morgan fingerprint density at radius 3 is 2.72 bits per heavy atom. The molecule has 1 heterocycles. The number of amides is 1. The quantitative estimate of drug-likeness (QED) is 0.835. The Morgan fingerprint density at radius 2 is 2.00 bits per heavy atom. The van der Waals surface area contributed by atoms with Gasteiger partial charge in [0.2, 0.25) is 5.91 Å². The van der Waals surface area contributed by atoms with Gasteiger partial charge in [0, 0.05) is 25.6 Å². The highest BCUT2D eigenvalue weighted by Crippen LogP contribution is 2.36. The zero-order valence-corrected chi connectivity index (χ0v) is 11.7. The lowest BCUT2D eigenvalue weighted by Gasteiger charge is -2.41. The van der Waals surface area contributed by atoms with E-state index in [1.807, 2.05) is 6.92 Å². The van der Waals surface area contributed by atoms with E-state index in [0.717, 1.165) is 37.8 Å². The molecular formula is C15H28N2O. The van der Waals surface area contributed by atoms with Crippen LogP contribution in [0.4, 0.5) is 0 Å². The second-order valence-corrected chi connectivity index (χ2v) is 6.30.